The van der Waals surface area contributed by atoms with Crippen molar-refractivity contribution < 1.29 is 9.47 Å². The number of nitrogen functional groups attached to an aromatic ring is 1. The van der Waals surface area contributed by atoms with Crippen molar-refractivity contribution in [1.82, 2.24) is 0 Å². The first-order valence-corrected chi connectivity index (χ1v) is 16.2. The second-order valence-electron chi connectivity index (χ2n) is 10.2. The Bertz CT molecular complexity index is 1840. The summed E-state index contributed by atoms with van der Waals surface area (Å²) >= 11 is 3.49. The van der Waals surface area contributed by atoms with Crippen LogP contribution in [0.4, 0.5) is 11.4 Å². The van der Waals surface area contributed by atoms with E-state index in [1.54, 1.807) is 37.7 Å². The quantitative estimate of drug-likeness (QED) is 0.0875. The maximum atomic E-state index is 6.16. The molecule has 0 unspecified atom stereocenters. The maximum absolute atomic E-state index is 6.16. The molecule has 43 heavy (non-hydrogen) atoms. The number of anilines is 2. The van der Waals surface area contributed by atoms with E-state index in [0.29, 0.717) is 0 Å². The highest BCUT2D eigenvalue weighted by atomic mass is 32.2. The topological polar surface area (TPSA) is 56.5 Å². The van der Waals surface area contributed by atoms with Crippen LogP contribution < -0.4 is 20.5 Å². The van der Waals surface area contributed by atoms with Crippen molar-refractivity contribution in [2.24, 2.45) is 0 Å². The van der Waals surface area contributed by atoms with E-state index in [-0.39, 0.29) is 0 Å². The van der Waals surface area contributed by atoms with E-state index in [2.05, 4.69) is 96.3 Å². The zero-order valence-electron chi connectivity index (χ0n) is 24.3. The van der Waals surface area contributed by atoms with Crippen molar-refractivity contribution in [2.75, 3.05) is 25.3 Å². The number of hydrogen-bond acceptors (Lipinski definition) is 6. The molecule has 6 heteroatoms. The van der Waals surface area contributed by atoms with Crippen LogP contribution in [0, 0.1) is 0 Å². The molecule has 6 rings (SSSR count). The van der Waals surface area contributed by atoms with Crippen LogP contribution in [0.2, 0.25) is 0 Å². The Morgan fingerprint density at radius 2 is 1.12 bits per heavy atom. The minimum absolute atomic E-state index is 0.731. The van der Waals surface area contributed by atoms with Gasteiger partial charge in [-0.25, -0.2) is 0 Å². The summed E-state index contributed by atoms with van der Waals surface area (Å²) in [4.78, 5) is 2.25. The third-order valence-corrected chi connectivity index (χ3v) is 9.85. The smallest absolute Gasteiger partial charge is 0.123 e. The van der Waals surface area contributed by atoms with Gasteiger partial charge in [0.15, 0.2) is 0 Å². The number of nitrogens with one attached hydrogen (secondary N) is 1. The summed E-state index contributed by atoms with van der Waals surface area (Å²) in [6.45, 7) is 0.731. The highest BCUT2D eigenvalue weighted by molar-refractivity contribution is 7.99. The molecule has 0 aliphatic carbocycles. The van der Waals surface area contributed by atoms with Crippen molar-refractivity contribution in [2.45, 2.75) is 27.8 Å². The summed E-state index contributed by atoms with van der Waals surface area (Å²) in [7, 11) is 3.45. The Morgan fingerprint density at radius 1 is 0.605 bits per heavy atom. The molecule has 3 N–H and O–H groups in total. The largest absolute Gasteiger partial charge is 0.496 e. The lowest BCUT2D eigenvalue weighted by atomic mass is 9.97. The van der Waals surface area contributed by atoms with E-state index in [0.717, 1.165) is 56.9 Å². The summed E-state index contributed by atoms with van der Waals surface area (Å²) < 4.78 is 11.7. The monoisotopic (exact) mass is 602 g/mol. The van der Waals surface area contributed by atoms with Gasteiger partial charge in [0.2, 0.25) is 0 Å². The van der Waals surface area contributed by atoms with Crippen LogP contribution in [0.5, 0.6) is 11.5 Å². The number of para-hydroxylation sites is 2. The number of benzene rings is 6. The SMILES string of the molecule is COc1cc(CSc2ccccc2NCc2c3ccccc3cc3ccccc23)c(OC)cc1CSc1ccccc1N. The van der Waals surface area contributed by atoms with Crippen LogP contribution in [-0.2, 0) is 18.1 Å². The molecule has 0 atom stereocenters. The molecule has 6 aromatic rings. The van der Waals surface area contributed by atoms with Gasteiger partial charge >= 0.3 is 0 Å². The fourth-order valence-corrected chi connectivity index (χ4v) is 7.35. The van der Waals surface area contributed by atoms with Gasteiger partial charge in [0.05, 0.1) is 14.2 Å². The van der Waals surface area contributed by atoms with E-state index in [1.807, 2.05) is 24.3 Å². The molecule has 0 aliphatic rings. The summed E-state index contributed by atoms with van der Waals surface area (Å²) in [6.07, 6.45) is 0. The molecule has 0 aromatic heterocycles. The van der Waals surface area contributed by atoms with Gasteiger partial charge in [0, 0.05) is 50.3 Å². The summed E-state index contributed by atoms with van der Waals surface area (Å²) in [5.41, 5.74) is 11.5. The van der Waals surface area contributed by atoms with Crippen LogP contribution in [-0.4, -0.2) is 14.2 Å². The minimum Gasteiger partial charge on any atom is -0.496 e. The fraction of sp³-hybridized carbons (Fsp3) is 0.135. The lowest BCUT2D eigenvalue weighted by molar-refractivity contribution is 0.397. The van der Waals surface area contributed by atoms with Crippen LogP contribution in [0.15, 0.2) is 125 Å². The van der Waals surface area contributed by atoms with Crippen LogP contribution in [0.3, 0.4) is 0 Å². The number of methoxy groups -OCH3 is 2. The van der Waals surface area contributed by atoms with Crippen molar-refractivity contribution >= 4 is 56.4 Å². The van der Waals surface area contributed by atoms with Gasteiger partial charge in [0.1, 0.15) is 11.5 Å². The summed E-state index contributed by atoms with van der Waals surface area (Å²) in [6, 6.07) is 40.2. The molecular formula is C37H34N2O2S2. The molecule has 216 valence electrons. The zero-order chi connectivity index (χ0) is 29.6. The van der Waals surface area contributed by atoms with E-state index in [9.17, 15) is 0 Å². The van der Waals surface area contributed by atoms with E-state index >= 15 is 0 Å². The number of fused-ring (bicyclic) bond motifs is 2. The third kappa shape index (κ3) is 6.41. The van der Waals surface area contributed by atoms with Gasteiger partial charge in [-0.2, -0.15) is 0 Å². The Morgan fingerprint density at radius 3 is 1.72 bits per heavy atom. The molecule has 0 radical (unpaired) electrons. The second-order valence-corrected chi connectivity index (χ2v) is 12.3. The average molecular weight is 603 g/mol. The van der Waals surface area contributed by atoms with Crippen molar-refractivity contribution in [3.05, 3.63) is 132 Å². The normalized spacial score (nSPS) is 11.1. The Labute approximate surface area is 261 Å². The molecule has 0 bridgehead atoms. The lowest BCUT2D eigenvalue weighted by Crippen LogP contribution is -2.02. The Hall–Kier alpha value is -4.26. The zero-order valence-corrected chi connectivity index (χ0v) is 25.9. The number of thioether (sulfide) groups is 2. The number of hydrogen-bond donors (Lipinski definition) is 2. The van der Waals surface area contributed by atoms with Crippen molar-refractivity contribution in [1.29, 1.82) is 0 Å². The maximum Gasteiger partial charge on any atom is 0.123 e. The standard InChI is InChI=1S/C37H34N2O2S2/c1-40-34-21-28(35(41-2)20-27(34)23-42-36-17-9-7-15-32(36)38)24-43-37-18-10-8-16-33(37)39-22-31-29-13-5-3-11-25(29)19-26-12-4-6-14-30(26)31/h3-21,39H,22-24,38H2,1-2H3. The number of nitrogens with two attached hydrogens (primary N) is 1. The predicted molar refractivity (Wildman–Crippen MR) is 185 cm³/mol. The van der Waals surface area contributed by atoms with Gasteiger partial charge in [-0.3, -0.25) is 0 Å². The molecule has 4 nitrogen and oxygen atoms in total. The van der Waals surface area contributed by atoms with Crippen molar-refractivity contribution in [3.63, 3.8) is 0 Å². The molecule has 0 heterocycles. The Balaban J connectivity index is 1.21. The van der Waals surface area contributed by atoms with Crippen LogP contribution in [0.25, 0.3) is 21.5 Å². The molecule has 0 saturated carbocycles. The summed E-state index contributed by atoms with van der Waals surface area (Å²) in [5, 5.41) is 8.84. The van der Waals surface area contributed by atoms with Gasteiger partial charge in [-0.05, 0) is 69.6 Å². The van der Waals surface area contributed by atoms with E-state index in [1.165, 1.54) is 32.0 Å². The van der Waals surface area contributed by atoms with E-state index < -0.39 is 0 Å². The Kier molecular flexibility index (Phi) is 8.96. The highest BCUT2D eigenvalue weighted by Crippen LogP contribution is 2.39. The fourth-order valence-electron chi connectivity index (χ4n) is 5.39. The van der Waals surface area contributed by atoms with Crippen LogP contribution >= 0.6 is 23.5 Å². The van der Waals surface area contributed by atoms with Gasteiger partial charge in [-0.15, -0.1) is 23.5 Å². The number of rotatable bonds is 11. The summed E-state index contributed by atoms with van der Waals surface area (Å²) in [5.74, 6) is 3.19. The van der Waals surface area contributed by atoms with Gasteiger partial charge in [-0.1, -0.05) is 72.8 Å². The van der Waals surface area contributed by atoms with Crippen LogP contribution in [0.1, 0.15) is 16.7 Å². The first-order valence-electron chi connectivity index (χ1n) is 14.2. The van der Waals surface area contributed by atoms with Gasteiger partial charge in [0.25, 0.3) is 0 Å². The first-order chi connectivity index (χ1) is 21.1. The molecule has 0 amide bonds. The second kappa shape index (κ2) is 13.4. The minimum atomic E-state index is 0.731. The average Bonchev–Trinajstić information content (AvgIpc) is 3.05. The molecule has 0 aliphatic heterocycles. The molecular weight excluding hydrogens is 569 g/mol. The van der Waals surface area contributed by atoms with Gasteiger partial charge < -0.3 is 20.5 Å². The van der Waals surface area contributed by atoms with E-state index in [4.69, 9.17) is 15.2 Å². The molecule has 6 aromatic carbocycles. The predicted octanol–water partition coefficient (Wildman–Crippen LogP) is 9.79. The molecule has 0 saturated heterocycles. The third-order valence-electron chi connectivity index (χ3n) is 7.59. The van der Waals surface area contributed by atoms with Crippen molar-refractivity contribution in [3.8, 4) is 11.5 Å². The highest BCUT2D eigenvalue weighted by Gasteiger charge is 2.14. The molecule has 0 spiro atoms. The molecule has 0 fully saturated rings. The first kappa shape index (κ1) is 28.8. The number of ether oxygens (including phenoxy) is 2. The lowest BCUT2D eigenvalue weighted by Gasteiger charge is -2.17.